The number of aromatic hydroxyl groups is 1. The van der Waals surface area contributed by atoms with Crippen LogP contribution in [0.1, 0.15) is 24.0 Å². The zero-order valence-corrected chi connectivity index (χ0v) is 17.0. The van der Waals surface area contributed by atoms with Gasteiger partial charge in [-0.05, 0) is 50.1 Å². The number of benzene rings is 1. The Morgan fingerprint density at radius 1 is 1.30 bits per heavy atom. The Labute approximate surface area is 174 Å². The highest BCUT2D eigenvalue weighted by Crippen LogP contribution is 2.42. The molecule has 1 saturated heterocycles. The lowest BCUT2D eigenvalue weighted by molar-refractivity contribution is 0.166. The summed E-state index contributed by atoms with van der Waals surface area (Å²) in [6, 6.07) is 6.33. The maximum Gasteiger partial charge on any atom is 0.297 e. The topological polar surface area (TPSA) is 104 Å². The number of likely N-dealkylation sites (tertiary alicyclic amines) is 1. The number of pyridine rings is 1. The van der Waals surface area contributed by atoms with Crippen molar-refractivity contribution in [2.24, 2.45) is 0 Å². The molecular formula is C22H26N4O4. The summed E-state index contributed by atoms with van der Waals surface area (Å²) in [5.41, 5.74) is 4.24. The van der Waals surface area contributed by atoms with Gasteiger partial charge in [0, 0.05) is 36.7 Å². The molecule has 2 aliphatic rings. The highest BCUT2D eigenvalue weighted by Gasteiger charge is 2.24. The number of oxazole rings is 1. The van der Waals surface area contributed by atoms with Gasteiger partial charge >= 0.3 is 0 Å². The third-order valence-electron chi connectivity index (χ3n) is 5.93. The van der Waals surface area contributed by atoms with Crippen molar-refractivity contribution in [1.29, 1.82) is 0 Å². The summed E-state index contributed by atoms with van der Waals surface area (Å²) in [7, 11) is 0. The Morgan fingerprint density at radius 3 is 3.07 bits per heavy atom. The molecule has 0 unspecified atom stereocenters. The molecule has 1 aromatic carbocycles. The number of hydrogen-bond acceptors (Lipinski definition) is 8. The minimum Gasteiger partial charge on any atom is -0.507 e. The molecule has 0 amide bonds. The molecule has 30 heavy (non-hydrogen) atoms. The molecule has 1 fully saturated rings. The van der Waals surface area contributed by atoms with Gasteiger partial charge in [-0.25, -0.2) is 4.98 Å². The zero-order valence-electron chi connectivity index (χ0n) is 17.0. The Kier molecular flexibility index (Phi) is 4.96. The number of β-amino-alcohol motifs (C(OH)–C–C–N with tert-alkyl or cyclic N) is 1. The monoisotopic (exact) mass is 410 g/mol. The van der Waals surface area contributed by atoms with Crippen LogP contribution in [0, 0.1) is 6.92 Å². The minimum atomic E-state index is 0.170. The number of hydrogen-bond donors (Lipinski definition) is 3. The van der Waals surface area contributed by atoms with Crippen LogP contribution in [0.4, 0.5) is 6.01 Å². The van der Waals surface area contributed by atoms with Crippen LogP contribution in [-0.4, -0.2) is 64.0 Å². The number of fused-ring (bicyclic) bond motifs is 2. The highest BCUT2D eigenvalue weighted by molar-refractivity contribution is 5.80. The fourth-order valence-electron chi connectivity index (χ4n) is 4.48. The molecule has 5 rings (SSSR count). The Morgan fingerprint density at radius 2 is 2.20 bits per heavy atom. The molecule has 0 bridgehead atoms. The maximum absolute atomic E-state index is 10.8. The Hall–Kier alpha value is -2.84. The normalized spacial score (nSPS) is 19.1. The van der Waals surface area contributed by atoms with Crippen LogP contribution >= 0.6 is 0 Å². The van der Waals surface area contributed by atoms with Crippen LogP contribution in [0.5, 0.6) is 11.5 Å². The third-order valence-corrected chi connectivity index (χ3v) is 5.93. The van der Waals surface area contributed by atoms with E-state index in [0.29, 0.717) is 48.1 Å². The number of nitrogens with zero attached hydrogens (tertiary/aromatic N) is 3. The Bertz CT molecular complexity index is 1080. The van der Waals surface area contributed by atoms with Gasteiger partial charge in [0.25, 0.3) is 6.01 Å². The molecule has 0 spiro atoms. The van der Waals surface area contributed by atoms with Crippen LogP contribution in [0.15, 0.2) is 22.6 Å². The molecule has 8 nitrogen and oxygen atoms in total. The smallest absolute Gasteiger partial charge is 0.297 e. The van der Waals surface area contributed by atoms with E-state index in [2.05, 4.69) is 20.2 Å². The van der Waals surface area contributed by atoms with Crippen molar-refractivity contribution in [3.05, 3.63) is 29.3 Å². The molecule has 1 atom stereocenters. The fourth-order valence-corrected chi connectivity index (χ4v) is 4.48. The van der Waals surface area contributed by atoms with Gasteiger partial charge in [-0.15, -0.1) is 0 Å². The molecule has 0 radical (unpaired) electrons. The zero-order chi connectivity index (χ0) is 20.7. The number of aliphatic hydroxyl groups excluding tert-OH is 1. The maximum atomic E-state index is 10.8. The highest BCUT2D eigenvalue weighted by atomic mass is 16.5. The molecule has 8 heteroatoms. The van der Waals surface area contributed by atoms with Gasteiger partial charge in [0.1, 0.15) is 11.5 Å². The van der Waals surface area contributed by atoms with Gasteiger partial charge in [-0.2, -0.15) is 4.98 Å². The fraction of sp³-hybridized carbons (Fsp3) is 0.455. The number of phenols is 1. The summed E-state index contributed by atoms with van der Waals surface area (Å²) in [6.07, 6.45) is 2.80. The third kappa shape index (κ3) is 3.46. The van der Waals surface area contributed by atoms with Gasteiger partial charge in [-0.3, -0.25) is 4.90 Å². The van der Waals surface area contributed by atoms with Gasteiger partial charge in [-0.1, -0.05) is 0 Å². The van der Waals surface area contributed by atoms with Gasteiger partial charge in [0.15, 0.2) is 5.58 Å². The first-order valence-corrected chi connectivity index (χ1v) is 10.5. The number of aliphatic hydroxyl groups is 1. The summed E-state index contributed by atoms with van der Waals surface area (Å²) in [6.45, 7) is 5.25. The minimum absolute atomic E-state index is 0.170. The summed E-state index contributed by atoms with van der Waals surface area (Å²) < 4.78 is 11.4. The summed E-state index contributed by atoms with van der Waals surface area (Å²) in [4.78, 5) is 11.4. The standard InChI is InChI=1S/C22H26N4O4/c1-13-11-18-15(6-10-29-18)20(28)19(13)16-4-5-17-21(24-16)25-22(30-17)23-14-3-2-7-26(12-14)8-9-27/h4-5,11,14,27-28H,2-3,6-10,12H2,1H3,(H,23,24,25)/t14-/m1/s1. The first kappa shape index (κ1) is 19.1. The number of piperidine rings is 1. The van der Waals surface area contributed by atoms with Crippen LogP contribution < -0.4 is 10.1 Å². The van der Waals surface area contributed by atoms with Crippen LogP contribution in [0.2, 0.25) is 0 Å². The summed E-state index contributed by atoms with van der Waals surface area (Å²) in [5, 5.41) is 23.3. The van der Waals surface area contributed by atoms with Gasteiger partial charge in [0.2, 0.25) is 5.65 Å². The molecule has 2 aliphatic heterocycles. The van der Waals surface area contributed by atoms with Crippen LogP contribution in [0.3, 0.4) is 0 Å². The summed E-state index contributed by atoms with van der Waals surface area (Å²) >= 11 is 0. The van der Waals surface area contributed by atoms with Crippen molar-refractivity contribution in [1.82, 2.24) is 14.9 Å². The molecule has 2 aromatic heterocycles. The van der Waals surface area contributed by atoms with E-state index in [9.17, 15) is 10.2 Å². The molecule has 0 saturated carbocycles. The predicted molar refractivity (Wildman–Crippen MR) is 113 cm³/mol. The van der Waals surface area contributed by atoms with Crippen molar-refractivity contribution in [2.75, 3.05) is 38.2 Å². The second-order valence-electron chi connectivity index (χ2n) is 8.04. The molecule has 4 heterocycles. The quantitative estimate of drug-likeness (QED) is 0.590. The first-order chi connectivity index (χ1) is 14.6. The molecule has 3 N–H and O–H groups in total. The molecular weight excluding hydrogens is 384 g/mol. The van der Waals surface area contributed by atoms with Gasteiger partial charge in [0.05, 0.1) is 18.9 Å². The van der Waals surface area contributed by atoms with Crippen molar-refractivity contribution in [3.8, 4) is 22.8 Å². The van der Waals surface area contributed by atoms with Crippen molar-refractivity contribution in [3.63, 3.8) is 0 Å². The van der Waals surface area contributed by atoms with Crippen molar-refractivity contribution in [2.45, 2.75) is 32.2 Å². The second-order valence-corrected chi connectivity index (χ2v) is 8.04. The number of anilines is 1. The molecule has 158 valence electrons. The first-order valence-electron chi connectivity index (χ1n) is 10.5. The van der Waals surface area contributed by atoms with E-state index in [0.717, 1.165) is 42.8 Å². The lowest BCUT2D eigenvalue weighted by Crippen LogP contribution is -2.43. The number of phenolic OH excluding ortho intramolecular Hbond substituents is 1. The van der Waals surface area contributed by atoms with E-state index in [1.165, 1.54) is 0 Å². The summed E-state index contributed by atoms with van der Waals surface area (Å²) in [5.74, 6) is 0.993. The number of rotatable bonds is 5. The average Bonchev–Trinajstić information content (AvgIpc) is 3.34. The lowest BCUT2D eigenvalue weighted by atomic mass is 9.98. The molecule has 3 aromatic rings. The van der Waals surface area contributed by atoms with Crippen molar-refractivity contribution < 1.29 is 19.4 Å². The average molecular weight is 410 g/mol. The van der Waals surface area contributed by atoms with Crippen LogP contribution in [0.25, 0.3) is 22.5 Å². The van der Waals surface area contributed by atoms with E-state index >= 15 is 0 Å². The number of ether oxygens (including phenoxy) is 1. The lowest BCUT2D eigenvalue weighted by Gasteiger charge is -2.32. The van der Waals surface area contributed by atoms with E-state index in [1.807, 2.05) is 25.1 Å². The number of nitrogens with one attached hydrogen (secondary N) is 1. The van der Waals surface area contributed by atoms with Crippen molar-refractivity contribution >= 4 is 17.2 Å². The van der Waals surface area contributed by atoms with E-state index in [4.69, 9.17) is 9.15 Å². The Balaban J connectivity index is 1.41. The SMILES string of the molecule is Cc1cc2c(c(O)c1-c1ccc3oc(N[C@@H]4CCCN(CCO)C4)nc3n1)CCO2. The van der Waals surface area contributed by atoms with Gasteiger partial charge < -0.3 is 24.7 Å². The largest absolute Gasteiger partial charge is 0.507 e. The van der Waals surface area contributed by atoms with E-state index < -0.39 is 0 Å². The second kappa shape index (κ2) is 7.77. The number of aryl methyl sites for hydroxylation is 1. The van der Waals surface area contributed by atoms with E-state index in [-0.39, 0.29) is 18.4 Å². The predicted octanol–water partition coefficient (Wildman–Crippen LogP) is 2.71. The number of aromatic nitrogens is 2. The van der Waals surface area contributed by atoms with Crippen LogP contribution in [-0.2, 0) is 6.42 Å². The molecule has 0 aliphatic carbocycles. The van der Waals surface area contributed by atoms with E-state index in [1.54, 1.807) is 0 Å².